The molecule has 1 heterocycles. The van der Waals surface area contributed by atoms with Crippen molar-refractivity contribution in [2.24, 2.45) is 11.1 Å². The first-order valence-electron chi connectivity index (χ1n) is 6.93. The number of amides is 1. The van der Waals surface area contributed by atoms with E-state index in [4.69, 9.17) is 9.88 Å². The minimum Gasteiger partial charge on any atom is -0.489 e. The summed E-state index contributed by atoms with van der Waals surface area (Å²) in [6.07, 6.45) is -0.0734. The molecule has 0 radical (unpaired) electrons. The molecule has 22 heavy (non-hydrogen) atoms. The van der Waals surface area contributed by atoms with E-state index in [0.29, 0.717) is 11.4 Å². The van der Waals surface area contributed by atoms with Crippen molar-refractivity contribution in [3.63, 3.8) is 0 Å². The lowest BCUT2D eigenvalue weighted by Crippen LogP contribution is -2.28. The van der Waals surface area contributed by atoms with Gasteiger partial charge in [0.25, 0.3) is 0 Å². The van der Waals surface area contributed by atoms with Crippen molar-refractivity contribution in [2.75, 3.05) is 17.2 Å². The van der Waals surface area contributed by atoms with Crippen molar-refractivity contribution in [1.82, 2.24) is 0 Å². The molecule has 0 spiro atoms. The maximum absolute atomic E-state index is 13.5. The van der Waals surface area contributed by atoms with Gasteiger partial charge in [0.2, 0.25) is 15.9 Å². The van der Waals surface area contributed by atoms with Crippen LogP contribution in [0.3, 0.4) is 0 Å². The highest BCUT2D eigenvalue weighted by Crippen LogP contribution is 2.34. The van der Waals surface area contributed by atoms with E-state index >= 15 is 0 Å². The van der Waals surface area contributed by atoms with E-state index in [1.54, 1.807) is 0 Å². The van der Waals surface area contributed by atoms with Crippen LogP contribution in [0.4, 0.5) is 10.1 Å². The highest BCUT2D eigenvalue weighted by Gasteiger charge is 2.34. The van der Waals surface area contributed by atoms with Crippen molar-refractivity contribution in [1.29, 1.82) is 0 Å². The Morgan fingerprint density at radius 1 is 1.45 bits per heavy atom. The van der Waals surface area contributed by atoms with Crippen LogP contribution >= 0.6 is 0 Å². The summed E-state index contributed by atoms with van der Waals surface area (Å²) in [4.78, 5) is 13.5. The van der Waals surface area contributed by atoms with E-state index in [1.807, 2.05) is 13.8 Å². The van der Waals surface area contributed by atoms with Gasteiger partial charge in [0.05, 0.1) is 17.5 Å². The largest absolute Gasteiger partial charge is 0.489 e. The molecule has 1 aliphatic rings. The van der Waals surface area contributed by atoms with Crippen LogP contribution in [0, 0.1) is 11.7 Å². The van der Waals surface area contributed by atoms with Crippen LogP contribution in [0.1, 0.15) is 20.3 Å². The first-order chi connectivity index (χ1) is 10.2. The lowest BCUT2D eigenvalue weighted by Gasteiger charge is -2.21. The molecule has 0 aromatic heterocycles. The number of hydrogen-bond acceptors (Lipinski definition) is 4. The average Bonchev–Trinajstić information content (AvgIpc) is 2.69. The molecule has 8 heteroatoms. The van der Waals surface area contributed by atoms with Crippen LogP contribution in [0.2, 0.25) is 0 Å². The standard InChI is InChI=1S/C14H19FN2O4S/c1-9(2)21-13-4-3-11(15)6-12(13)17-7-10(5-14(17)18)8-22(16,19)20/h3-4,6,9-10H,5,7-8H2,1-2H3,(H2,16,19,20). The topological polar surface area (TPSA) is 89.7 Å². The van der Waals surface area contributed by atoms with Gasteiger partial charge < -0.3 is 9.64 Å². The predicted molar refractivity (Wildman–Crippen MR) is 80.6 cm³/mol. The van der Waals surface area contributed by atoms with Gasteiger partial charge in [-0.25, -0.2) is 17.9 Å². The molecule has 1 unspecified atom stereocenters. The highest BCUT2D eigenvalue weighted by molar-refractivity contribution is 7.89. The summed E-state index contributed by atoms with van der Waals surface area (Å²) in [5.74, 6) is -1.05. The third kappa shape index (κ3) is 4.17. The second kappa shape index (κ2) is 6.21. The number of nitrogens with two attached hydrogens (primary N) is 1. The number of halogens is 1. The fourth-order valence-electron chi connectivity index (χ4n) is 2.51. The quantitative estimate of drug-likeness (QED) is 0.880. The predicted octanol–water partition coefficient (Wildman–Crippen LogP) is 1.25. The van der Waals surface area contributed by atoms with Gasteiger partial charge >= 0.3 is 0 Å². The Balaban J connectivity index is 2.27. The molecule has 1 aromatic rings. The zero-order valence-electron chi connectivity index (χ0n) is 12.5. The molecule has 1 aromatic carbocycles. The Kier molecular flexibility index (Phi) is 4.72. The summed E-state index contributed by atoms with van der Waals surface area (Å²) in [5, 5.41) is 5.02. The zero-order chi connectivity index (χ0) is 16.5. The molecule has 0 bridgehead atoms. The molecule has 122 valence electrons. The van der Waals surface area contributed by atoms with Gasteiger partial charge in [0, 0.05) is 24.9 Å². The fraction of sp³-hybridized carbons (Fsp3) is 0.500. The van der Waals surface area contributed by atoms with Crippen LogP contribution in [0.5, 0.6) is 5.75 Å². The van der Waals surface area contributed by atoms with Crippen LogP contribution in [0.25, 0.3) is 0 Å². The summed E-state index contributed by atoms with van der Waals surface area (Å²) < 4.78 is 41.5. The van der Waals surface area contributed by atoms with Crippen molar-refractivity contribution < 1.29 is 22.3 Å². The maximum Gasteiger partial charge on any atom is 0.227 e. The number of anilines is 1. The second-order valence-electron chi connectivity index (χ2n) is 5.68. The summed E-state index contributed by atoms with van der Waals surface area (Å²) >= 11 is 0. The van der Waals surface area contributed by atoms with Gasteiger partial charge in [0.1, 0.15) is 11.6 Å². The molecule has 0 saturated carbocycles. The zero-order valence-corrected chi connectivity index (χ0v) is 13.3. The number of carbonyl (C=O) groups is 1. The number of rotatable bonds is 5. The van der Waals surface area contributed by atoms with Gasteiger partial charge in [-0.1, -0.05) is 0 Å². The van der Waals surface area contributed by atoms with Crippen LogP contribution < -0.4 is 14.8 Å². The second-order valence-corrected chi connectivity index (χ2v) is 7.34. The molecule has 1 saturated heterocycles. The normalized spacial score (nSPS) is 19.0. The van der Waals surface area contributed by atoms with Gasteiger partial charge in [-0.3, -0.25) is 4.79 Å². The molecule has 1 aliphatic heterocycles. The number of ether oxygens (including phenoxy) is 1. The highest BCUT2D eigenvalue weighted by atomic mass is 32.2. The minimum atomic E-state index is -3.66. The molecular formula is C14H19FN2O4S. The Morgan fingerprint density at radius 3 is 2.73 bits per heavy atom. The number of hydrogen-bond donors (Lipinski definition) is 1. The fourth-order valence-corrected chi connectivity index (χ4v) is 3.39. The number of benzene rings is 1. The SMILES string of the molecule is CC(C)Oc1ccc(F)cc1N1CC(CS(N)(=O)=O)CC1=O. The van der Waals surface area contributed by atoms with E-state index in [0.717, 1.165) is 0 Å². The molecule has 1 fully saturated rings. The summed E-state index contributed by atoms with van der Waals surface area (Å²) in [7, 11) is -3.66. The Labute approximate surface area is 129 Å². The first-order valence-corrected chi connectivity index (χ1v) is 8.64. The van der Waals surface area contributed by atoms with Crippen LogP contribution in [0.15, 0.2) is 18.2 Å². The third-order valence-corrected chi connectivity index (χ3v) is 4.18. The van der Waals surface area contributed by atoms with E-state index in [2.05, 4.69) is 0 Å². The minimum absolute atomic E-state index is 0.0636. The monoisotopic (exact) mass is 330 g/mol. The summed E-state index contributed by atoms with van der Waals surface area (Å²) in [6, 6.07) is 3.93. The van der Waals surface area contributed by atoms with Gasteiger partial charge in [0.15, 0.2) is 0 Å². The van der Waals surface area contributed by atoms with Gasteiger partial charge in [-0.2, -0.15) is 0 Å². The smallest absolute Gasteiger partial charge is 0.227 e. The van der Waals surface area contributed by atoms with Crippen molar-refractivity contribution >= 4 is 21.6 Å². The van der Waals surface area contributed by atoms with Crippen molar-refractivity contribution in [3.05, 3.63) is 24.0 Å². The van der Waals surface area contributed by atoms with Crippen molar-refractivity contribution in [2.45, 2.75) is 26.4 Å². The van der Waals surface area contributed by atoms with Gasteiger partial charge in [-0.05, 0) is 26.0 Å². The van der Waals surface area contributed by atoms with Crippen LogP contribution in [-0.4, -0.2) is 32.7 Å². The molecular weight excluding hydrogens is 311 g/mol. The molecule has 6 nitrogen and oxygen atoms in total. The Hall–Kier alpha value is -1.67. The molecule has 2 N–H and O–H groups in total. The lowest BCUT2D eigenvalue weighted by molar-refractivity contribution is -0.117. The number of sulfonamides is 1. The molecule has 0 aliphatic carbocycles. The van der Waals surface area contributed by atoms with E-state index < -0.39 is 21.8 Å². The summed E-state index contributed by atoms with van der Waals surface area (Å²) in [6.45, 7) is 3.82. The van der Waals surface area contributed by atoms with Crippen molar-refractivity contribution in [3.8, 4) is 5.75 Å². The van der Waals surface area contributed by atoms with E-state index in [-0.39, 0.29) is 30.7 Å². The third-order valence-electron chi connectivity index (χ3n) is 3.25. The Morgan fingerprint density at radius 2 is 2.14 bits per heavy atom. The number of carbonyl (C=O) groups excluding carboxylic acids is 1. The molecule has 1 amide bonds. The first kappa shape index (κ1) is 16.7. The number of nitrogens with zero attached hydrogens (tertiary/aromatic N) is 1. The van der Waals surface area contributed by atoms with Crippen LogP contribution in [-0.2, 0) is 14.8 Å². The number of primary sulfonamides is 1. The molecule has 1 atom stereocenters. The molecule has 2 rings (SSSR count). The summed E-state index contributed by atoms with van der Waals surface area (Å²) in [5.41, 5.74) is 0.315. The lowest BCUT2D eigenvalue weighted by atomic mass is 10.1. The van der Waals surface area contributed by atoms with Gasteiger partial charge in [-0.15, -0.1) is 0 Å². The maximum atomic E-state index is 13.5. The van der Waals surface area contributed by atoms with E-state index in [1.165, 1.54) is 23.1 Å². The van der Waals surface area contributed by atoms with E-state index in [9.17, 15) is 17.6 Å². The Bertz CT molecular complexity index is 675. The average molecular weight is 330 g/mol.